The third kappa shape index (κ3) is 2.48. The van der Waals surface area contributed by atoms with Gasteiger partial charge in [0.2, 0.25) is 0 Å². The van der Waals surface area contributed by atoms with Gasteiger partial charge in [0.25, 0.3) is 0 Å². The van der Waals surface area contributed by atoms with Crippen LogP contribution in [0, 0.1) is 11.8 Å². The molecule has 14 heavy (non-hydrogen) atoms. The molecule has 1 rings (SSSR count). The lowest BCUT2D eigenvalue weighted by atomic mass is 9.80. The summed E-state index contributed by atoms with van der Waals surface area (Å²) in [5, 5.41) is -0.106. The highest BCUT2D eigenvalue weighted by molar-refractivity contribution is 7.92. The van der Waals surface area contributed by atoms with Crippen LogP contribution in [0.2, 0.25) is 0 Å². The average Bonchev–Trinajstić information content (AvgIpc) is 2.17. The summed E-state index contributed by atoms with van der Waals surface area (Å²) >= 11 is 0. The zero-order chi connectivity index (χ0) is 10.8. The molecular formula is C10H21NO2S. The van der Waals surface area contributed by atoms with E-state index < -0.39 is 9.84 Å². The predicted molar refractivity (Wildman–Crippen MR) is 58.8 cm³/mol. The Morgan fingerprint density at radius 1 is 1.36 bits per heavy atom. The zero-order valence-corrected chi connectivity index (χ0v) is 9.89. The zero-order valence-electron chi connectivity index (χ0n) is 9.07. The van der Waals surface area contributed by atoms with E-state index in [1.165, 1.54) is 0 Å². The van der Waals surface area contributed by atoms with Crippen LogP contribution in [0.5, 0.6) is 0 Å². The molecule has 0 spiro atoms. The van der Waals surface area contributed by atoms with Gasteiger partial charge in [-0.3, -0.25) is 0 Å². The summed E-state index contributed by atoms with van der Waals surface area (Å²) in [7, 11) is -2.83. The Labute approximate surface area is 87.0 Å². The van der Waals surface area contributed by atoms with Crippen LogP contribution in [0.4, 0.5) is 0 Å². The van der Waals surface area contributed by atoms with Crippen LogP contribution in [-0.4, -0.2) is 26.0 Å². The van der Waals surface area contributed by atoms with Crippen molar-refractivity contribution >= 4 is 9.84 Å². The highest BCUT2D eigenvalue weighted by Gasteiger charge is 2.33. The smallest absolute Gasteiger partial charge is 0.152 e. The minimum absolute atomic E-state index is 0.106. The number of rotatable bonds is 3. The van der Waals surface area contributed by atoms with Crippen molar-refractivity contribution < 1.29 is 8.42 Å². The Kier molecular flexibility index (Phi) is 3.95. The minimum atomic E-state index is -2.83. The van der Waals surface area contributed by atoms with Gasteiger partial charge in [0.1, 0.15) is 0 Å². The summed E-state index contributed by atoms with van der Waals surface area (Å²) in [6.45, 7) is 4.55. The molecule has 0 saturated heterocycles. The van der Waals surface area contributed by atoms with E-state index in [0.717, 1.165) is 19.3 Å². The second-order valence-electron chi connectivity index (χ2n) is 4.36. The molecule has 0 aromatic carbocycles. The average molecular weight is 219 g/mol. The van der Waals surface area contributed by atoms with Crippen LogP contribution >= 0.6 is 0 Å². The van der Waals surface area contributed by atoms with E-state index in [0.29, 0.717) is 18.4 Å². The number of nitrogens with two attached hydrogens (primary N) is 1. The van der Waals surface area contributed by atoms with Gasteiger partial charge in [-0.1, -0.05) is 13.8 Å². The van der Waals surface area contributed by atoms with E-state index in [9.17, 15) is 8.42 Å². The molecule has 0 amide bonds. The van der Waals surface area contributed by atoms with Crippen LogP contribution in [-0.2, 0) is 9.84 Å². The van der Waals surface area contributed by atoms with Crippen LogP contribution in [0.3, 0.4) is 0 Å². The van der Waals surface area contributed by atoms with Gasteiger partial charge in [-0.25, -0.2) is 8.42 Å². The third-order valence-corrected chi connectivity index (χ3v) is 5.76. The first-order valence-corrected chi connectivity index (χ1v) is 7.14. The summed E-state index contributed by atoms with van der Waals surface area (Å²) in [5.41, 5.74) is 5.63. The molecule has 2 N–H and O–H groups in total. The Bertz CT molecular complexity index is 274. The summed E-state index contributed by atoms with van der Waals surface area (Å²) < 4.78 is 23.3. The Morgan fingerprint density at radius 3 is 2.43 bits per heavy atom. The molecule has 0 aromatic rings. The second kappa shape index (κ2) is 4.62. The van der Waals surface area contributed by atoms with Crippen LogP contribution in [0.25, 0.3) is 0 Å². The fraction of sp³-hybridized carbons (Fsp3) is 1.00. The normalized spacial score (nSPS) is 34.4. The van der Waals surface area contributed by atoms with Gasteiger partial charge in [-0.05, 0) is 37.6 Å². The lowest BCUT2D eigenvalue weighted by molar-refractivity contribution is 0.264. The van der Waals surface area contributed by atoms with Crippen molar-refractivity contribution in [3.05, 3.63) is 0 Å². The van der Waals surface area contributed by atoms with Gasteiger partial charge in [0.15, 0.2) is 9.84 Å². The molecule has 3 atom stereocenters. The molecule has 0 aromatic heterocycles. The number of hydrogen-bond acceptors (Lipinski definition) is 3. The van der Waals surface area contributed by atoms with E-state index >= 15 is 0 Å². The SMILES string of the molecule is CCS(=O)(=O)C1CCC(CN)C(C)C1. The molecule has 0 bridgehead atoms. The van der Waals surface area contributed by atoms with Gasteiger partial charge < -0.3 is 5.73 Å². The van der Waals surface area contributed by atoms with Crippen LogP contribution in [0.1, 0.15) is 33.1 Å². The molecule has 1 saturated carbocycles. The molecule has 4 heteroatoms. The first kappa shape index (κ1) is 12.0. The molecule has 0 radical (unpaired) electrons. The lowest BCUT2D eigenvalue weighted by Gasteiger charge is -2.32. The molecule has 1 fully saturated rings. The van der Waals surface area contributed by atoms with Crippen molar-refractivity contribution in [2.45, 2.75) is 38.4 Å². The van der Waals surface area contributed by atoms with Crippen molar-refractivity contribution in [2.75, 3.05) is 12.3 Å². The fourth-order valence-corrected chi connectivity index (χ4v) is 3.88. The molecule has 0 heterocycles. The predicted octanol–water partition coefficient (Wildman–Crippen LogP) is 1.18. The van der Waals surface area contributed by atoms with Crippen molar-refractivity contribution in [1.82, 2.24) is 0 Å². The standard InChI is InChI=1S/C10H21NO2S/c1-3-14(12,13)10-5-4-9(7-11)8(2)6-10/h8-10H,3-7,11H2,1-2H3. The Balaban J connectivity index is 2.63. The first-order chi connectivity index (χ1) is 6.51. The summed E-state index contributed by atoms with van der Waals surface area (Å²) in [6.07, 6.45) is 2.59. The first-order valence-electron chi connectivity index (χ1n) is 5.42. The summed E-state index contributed by atoms with van der Waals surface area (Å²) in [5.74, 6) is 1.26. The van der Waals surface area contributed by atoms with Gasteiger partial charge in [0, 0.05) is 5.75 Å². The van der Waals surface area contributed by atoms with Crippen molar-refractivity contribution in [3.8, 4) is 0 Å². The van der Waals surface area contributed by atoms with Crippen molar-refractivity contribution in [3.63, 3.8) is 0 Å². The maximum absolute atomic E-state index is 11.7. The van der Waals surface area contributed by atoms with E-state index in [1.807, 2.05) is 0 Å². The summed E-state index contributed by atoms with van der Waals surface area (Å²) in [6, 6.07) is 0. The van der Waals surface area contributed by atoms with Gasteiger partial charge in [0.05, 0.1) is 5.25 Å². The molecule has 1 aliphatic rings. The molecular weight excluding hydrogens is 198 g/mol. The molecule has 3 unspecified atom stereocenters. The Morgan fingerprint density at radius 2 is 2.00 bits per heavy atom. The van der Waals surface area contributed by atoms with E-state index in [4.69, 9.17) is 5.73 Å². The lowest BCUT2D eigenvalue weighted by Crippen LogP contribution is -2.35. The van der Waals surface area contributed by atoms with E-state index in [2.05, 4.69) is 6.92 Å². The highest BCUT2D eigenvalue weighted by Crippen LogP contribution is 2.32. The Hall–Kier alpha value is -0.0900. The number of sulfone groups is 1. The van der Waals surface area contributed by atoms with Gasteiger partial charge in [-0.2, -0.15) is 0 Å². The van der Waals surface area contributed by atoms with Gasteiger partial charge in [-0.15, -0.1) is 0 Å². The van der Waals surface area contributed by atoms with Crippen molar-refractivity contribution in [1.29, 1.82) is 0 Å². The third-order valence-electron chi connectivity index (χ3n) is 3.51. The fourth-order valence-electron chi connectivity index (χ4n) is 2.32. The van der Waals surface area contributed by atoms with Crippen LogP contribution in [0.15, 0.2) is 0 Å². The monoisotopic (exact) mass is 219 g/mol. The van der Waals surface area contributed by atoms with Crippen molar-refractivity contribution in [2.24, 2.45) is 17.6 Å². The molecule has 84 valence electrons. The topological polar surface area (TPSA) is 60.2 Å². The second-order valence-corrected chi connectivity index (χ2v) is 6.93. The van der Waals surface area contributed by atoms with Gasteiger partial charge >= 0.3 is 0 Å². The maximum atomic E-state index is 11.7. The quantitative estimate of drug-likeness (QED) is 0.775. The largest absolute Gasteiger partial charge is 0.330 e. The highest BCUT2D eigenvalue weighted by atomic mass is 32.2. The van der Waals surface area contributed by atoms with E-state index in [-0.39, 0.29) is 11.0 Å². The van der Waals surface area contributed by atoms with E-state index in [1.54, 1.807) is 6.92 Å². The maximum Gasteiger partial charge on any atom is 0.152 e. The molecule has 0 aliphatic heterocycles. The van der Waals surface area contributed by atoms with Crippen LogP contribution < -0.4 is 5.73 Å². The molecule has 3 nitrogen and oxygen atoms in total. The minimum Gasteiger partial charge on any atom is -0.330 e. The summed E-state index contributed by atoms with van der Waals surface area (Å²) in [4.78, 5) is 0. The number of hydrogen-bond donors (Lipinski definition) is 1. The molecule has 1 aliphatic carbocycles.